The van der Waals surface area contributed by atoms with Gasteiger partial charge >= 0.3 is 6.18 Å². The summed E-state index contributed by atoms with van der Waals surface area (Å²) in [5.74, 6) is -0.389. The molecule has 4 nitrogen and oxygen atoms in total. The fourth-order valence-electron chi connectivity index (χ4n) is 2.46. The first-order valence-corrected chi connectivity index (χ1v) is 6.44. The lowest BCUT2D eigenvalue weighted by Gasteiger charge is -2.34. The van der Waals surface area contributed by atoms with Gasteiger partial charge in [0.25, 0.3) is 0 Å². The molecule has 1 unspecified atom stereocenters. The number of likely N-dealkylation sites (tertiary alicyclic amines) is 1. The first-order chi connectivity index (χ1) is 8.65. The van der Waals surface area contributed by atoms with Crippen molar-refractivity contribution in [1.29, 1.82) is 0 Å². The molecule has 1 saturated heterocycles. The van der Waals surface area contributed by atoms with E-state index in [1.165, 1.54) is 0 Å². The van der Waals surface area contributed by atoms with E-state index < -0.39 is 30.2 Å². The van der Waals surface area contributed by atoms with Gasteiger partial charge in [0, 0.05) is 19.5 Å². The molecule has 0 aromatic rings. The average Bonchev–Trinajstić information content (AvgIpc) is 2.75. The van der Waals surface area contributed by atoms with Gasteiger partial charge in [-0.15, -0.1) is 12.4 Å². The minimum absolute atomic E-state index is 0. The number of nitrogens with zero attached hydrogens (tertiary/aromatic N) is 1. The summed E-state index contributed by atoms with van der Waals surface area (Å²) in [6.07, 6.45) is -4.25. The molecule has 0 aromatic carbocycles. The van der Waals surface area contributed by atoms with Crippen LogP contribution in [0.25, 0.3) is 0 Å². The molecule has 0 saturated carbocycles. The maximum absolute atomic E-state index is 12.7. The smallest absolute Gasteiger partial charge is 0.379 e. The van der Waals surface area contributed by atoms with Crippen molar-refractivity contribution in [3.05, 3.63) is 0 Å². The molecule has 1 atom stereocenters. The second-order valence-corrected chi connectivity index (χ2v) is 5.20. The van der Waals surface area contributed by atoms with E-state index in [0.717, 1.165) is 4.90 Å². The third-order valence-electron chi connectivity index (χ3n) is 4.26. The molecule has 1 aliphatic rings. The number of hydrogen-bond donors (Lipinski definition) is 2. The Labute approximate surface area is 122 Å². The van der Waals surface area contributed by atoms with Crippen molar-refractivity contribution in [2.24, 2.45) is 11.1 Å². The number of aliphatic hydroxyl groups is 1. The maximum Gasteiger partial charge on any atom is 0.419 e. The third-order valence-corrected chi connectivity index (χ3v) is 4.26. The van der Waals surface area contributed by atoms with Crippen LogP contribution in [0.3, 0.4) is 0 Å². The van der Waals surface area contributed by atoms with Gasteiger partial charge in [0.05, 0.1) is 12.0 Å². The second kappa shape index (κ2) is 6.49. The van der Waals surface area contributed by atoms with Gasteiger partial charge < -0.3 is 15.7 Å². The van der Waals surface area contributed by atoms with Crippen LogP contribution in [-0.2, 0) is 4.79 Å². The molecular weight excluding hydrogens is 297 g/mol. The number of alkyl halides is 3. The van der Waals surface area contributed by atoms with Gasteiger partial charge in [-0.3, -0.25) is 4.79 Å². The summed E-state index contributed by atoms with van der Waals surface area (Å²) in [5.41, 5.74) is 2.01. The normalized spacial score (nSPS) is 23.6. The van der Waals surface area contributed by atoms with Crippen LogP contribution in [-0.4, -0.2) is 47.3 Å². The van der Waals surface area contributed by atoms with Crippen LogP contribution in [0.5, 0.6) is 0 Å². The predicted molar refractivity (Wildman–Crippen MR) is 71.5 cm³/mol. The highest BCUT2D eigenvalue weighted by Crippen LogP contribution is 2.39. The highest BCUT2D eigenvalue weighted by molar-refractivity contribution is 5.85. The molecule has 0 radical (unpaired) electrons. The highest BCUT2D eigenvalue weighted by Gasteiger charge is 2.58. The van der Waals surface area contributed by atoms with Crippen molar-refractivity contribution in [2.45, 2.75) is 44.9 Å². The van der Waals surface area contributed by atoms with E-state index in [-0.39, 0.29) is 31.4 Å². The van der Waals surface area contributed by atoms with Crippen LogP contribution in [0.15, 0.2) is 0 Å². The molecule has 3 N–H and O–H groups in total. The lowest BCUT2D eigenvalue weighted by Crippen LogP contribution is -2.51. The van der Waals surface area contributed by atoms with E-state index in [9.17, 15) is 23.1 Å². The van der Waals surface area contributed by atoms with Crippen LogP contribution in [0.2, 0.25) is 0 Å². The molecule has 20 heavy (non-hydrogen) atoms. The van der Waals surface area contributed by atoms with E-state index in [1.54, 1.807) is 13.8 Å². The average molecular weight is 319 g/mol. The van der Waals surface area contributed by atoms with Gasteiger partial charge in [-0.05, 0) is 12.8 Å². The Bertz CT molecular complexity index is 340. The quantitative estimate of drug-likeness (QED) is 0.829. The van der Waals surface area contributed by atoms with Crippen molar-refractivity contribution < 1.29 is 23.1 Å². The van der Waals surface area contributed by atoms with Gasteiger partial charge in [-0.1, -0.05) is 13.8 Å². The van der Waals surface area contributed by atoms with E-state index in [0.29, 0.717) is 12.8 Å². The van der Waals surface area contributed by atoms with Crippen molar-refractivity contribution in [1.82, 2.24) is 4.90 Å². The Hall–Kier alpha value is -0.530. The van der Waals surface area contributed by atoms with Crippen LogP contribution in [0.1, 0.15) is 33.1 Å². The fourth-order valence-corrected chi connectivity index (χ4v) is 2.46. The Morgan fingerprint density at radius 3 is 2.15 bits per heavy atom. The van der Waals surface area contributed by atoms with Crippen LogP contribution in [0, 0.1) is 5.41 Å². The SMILES string of the molecule is CCC(CC)(CN)C(=O)N1CCC(O)(C(F)(F)F)C1.Cl. The Morgan fingerprint density at radius 2 is 1.85 bits per heavy atom. The number of β-amino-alcohol motifs (C(OH)–C–C–N with tert-alkyl or cyclic N) is 1. The van der Waals surface area contributed by atoms with Gasteiger partial charge in [-0.25, -0.2) is 0 Å². The van der Waals surface area contributed by atoms with Crippen molar-refractivity contribution in [3.63, 3.8) is 0 Å². The summed E-state index contributed by atoms with van der Waals surface area (Å²) in [7, 11) is 0. The van der Waals surface area contributed by atoms with Crippen molar-refractivity contribution >= 4 is 18.3 Å². The molecule has 8 heteroatoms. The van der Waals surface area contributed by atoms with E-state index in [1.807, 2.05) is 0 Å². The standard InChI is InChI=1S/C12H21F3N2O2.ClH/c1-3-10(4-2,7-16)9(18)17-6-5-11(19,8-17)12(13,14)15;/h19H,3-8,16H2,1-2H3;1H. The van der Waals surface area contributed by atoms with Crippen LogP contribution >= 0.6 is 12.4 Å². The first kappa shape index (κ1) is 19.5. The molecule has 1 rings (SSSR count). The van der Waals surface area contributed by atoms with E-state index in [2.05, 4.69) is 0 Å². The number of rotatable bonds is 4. The molecule has 120 valence electrons. The molecule has 1 amide bonds. The minimum Gasteiger partial charge on any atom is -0.379 e. The maximum atomic E-state index is 12.7. The Balaban J connectivity index is 0.00000361. The fraction of sp³-hybridized carbons (Fsp3) is 0.917. The predicted octanol–water partition coefficient (Wildman–Crippen LogP) is 1.70. The number of amides is 1. The molecule has 1 aliphatic heterocycles. The summed E-state index contributed by atoms with van der Waals surface area (Å²) in [5, 5.41) is 9.58. The minimum atomic E-state index is -4.72. The molecule has 1 fully saturated rings. The van der Waals surface area contributed by atoms with Gasteiger partial charge in [0.15, 0.2) is 5.60 Å². The Kier molecular flexibility index (Phi) is 6.32. The molecule has 1 heterocycles. The monoisotopic (exact) mass is 318 g/mol. The summed E-state index contributed by atoms with van der Waals surface area (Å²) < 4.78 is 38.1. The summed E-state index contributed by atoms with van der Waals surface area (Å²) in [6.45, 7) is 2.90. The lowest BCUT2D eigenvalue weighted by molar-refractivity contribution is -0.253. The van der Waals surface area contributed by atoms with Gasteiger partial charge in [0.1, 0.15) is 0 Å². The van der Waals surface area contributed by atoms with Crippen LogP contribution in [0.4, 0.5) is 13.2 Å². The summed E-state index contributed by atoms with van der Waals surface area (Å²) in [6, 6.07) is 0. The molecule has 0 aliphatic carbocycles. The highest BCUT2D eigenvalue weighted by atomic mass is 35.5. The van der Waals surface area contributed by atoms with E-state index in [4.69, 9.17) is 5.73 Å². The molecule has 0 spiro atoms. The zero-order valence-corrected chi connectivity index (χ0v) is 12.5. The van der Waals surface area contributed by atoms with E-state index >= 15 is 0 Å². The molecule has 0 bridgehead atoms. The largest absolute Gasteiger partial charge is 0.419 e. The van der Waals surface area contributed by atoms with Crippen molar-refractivity contribution in [3.8, 4) is 0 Å². The second-order valence-electron chi connectivity index (χ2n) is 5.20. The Morgan fingerprint density at radius 1 is 1.35 bits per heavy atom. The zero-order chi connectivity index (χ0) is 14.9. The van der Waals surface area contributed by atoms with Crippen molar-refractivity contribution in [2.75, 3.05) is 19.6 Å². The van der Waals surface area contributed by atoms with Gasteiger partial charge in [0.2, 0.25) is 5.91 Å². The summed E-state index contributed by atoms with van der Waals surface area (Å²) >= 11 is 0. The lowest BCUT2D eigenvalue weighted by atomic mass is 9.81. The molecule has 0 aromatic heterocycles. The number of halogens is 4. The summed E-state index contributed by atoms with van der Waals surface area (Å²) in [4.78, 5) is 13.4. The zero-order valence-electron chi connectivity index (χ0n) is 11.7. The third kappa shape index (κ3) is 3.20. The topological polar surface area (TPSA) is 66.6 Å². The number of hydrogen-bond acceptors (Lipinski definition) is 3. The van der Waals surface area contributed by atoms with Crippen LogP contribution < -0.4 is 5.73 Å². The number of carbonyl (C=O) groups is 1. The molecular formula is C12H22ClF3N2O2. The number of carbonyl (C=O) groups excluding carboxylic acids is 1. The first-order valence-electron chi connectivity index (χ1n) is 6.44. The van der Waals surface area contributed by atoms with Gasteiger partial charge in [-0.2, -0.15) is 13.2 Å². The number of nitrogens with two attached hydrogens (primary N) is 1.